The quantitative estimate of drug-likeness (QED) is 0.860. The zero-order valence-corrected chi connectivity index (χ0v) is 12.6. The van der Waals surface area contributed by atoms with Crippen LogP contribution in [0.25, 0.3) is 0 Å². The maximum Gasteiger partial charge on any atom is 0.270 e. The molecule has 0 aromatic carbocycles. The molecule has 2 atom stereocenters. The third-order valence-electron chi connectivity index (χ3n) is 3.15. The van der Waals surface area contributed by atoms with Crippen LogP contribution in [-0.4, -0.2) is 33.6 Å². The van der Waals surface area contributed by atoms with Crippen molar-refractivity contribution in [2.75, 3.05) is 7.11 Å². The Hall–Kier alpha value is -0.630. The first-order valence-electron chi connectivity index (χ1n) is 5.78. The van der Waals surface area contributed by atoms with Crippen molar-refractivity contribution in [1.82, 2.24) is 5.32 Å². The first kappa shape index (κ1) is 14.8. The number of hydrogen-bond acceptors (Lipinski definition) is 5. The highest BCUT2D eigenvalue weighted by molar-refractivity contribution is 8.15. The molecule has 0 saturated heterocycles. The van der Waals surface area contributed by atoms with Gasteiger partial charge in [-0.1, -0.05) is 0 Å². The summed E-state index contributed by atoms with van der Waals surface area (Å²) in [4.78, 5) is 12.0. The van der Waals surface area contributed by atoms with Crippen LogP contribution in [0.1, 0.15) is 29.6 Å². The van der Waals surface area contributed by atoms with Crippen LogP contribution in [-0.2, 0) is 13.8 Å². The molecule has 2 rings (SSSR count). The van der Waals surface area contributed by atoms with Crippen LogP contribution in [0.5, 0.6) is 0 Å². The summed E-state index contributed by atoms with van der Waals surface area (Å²) in [5, 5.41) is 4.35. The molecule has 1 aromatic heterocycles. The molecule has 1 saturated carbocycles. The molecule has 1 aliphatic carbocycles. The summed E-state index contributed by atoms with van der Waals surface area (Å²) in [6.45, 7) is 0. The minimum absolute atomic E-state index is 0.0194. The summed E-state index contributed by atoms with van der Waals surface area (Å²) < 4.78 is 27.5. The third-order valence-corrected chi connectivity index (χ3v) is 6.19. The highest BCUT2D eigenvalue weighted by Crippen LogP contribution is 2.25. The number of amides is 1. The number of hydrogen-bond donors (Lipinski definition) is 1. The second-order valence-corrected chi connectivity index (χ2v) is 8.08. The van der Waals surface area contributed by atoms with Gasteiger partial charge in [-0.15, -0.1) is 11.3 Å². The number of thiophene rings is 1. The lowest BCUT2D eigenvalue weighted by molar-refractivity contribution is 0.0722. The number of nitrogens with one attached hydrogen (secondary N) is 1. The van der Waals surface area contributed by atoms with Crippen molar-refractivity contribution in [2.24, 2.45) is 0 Å². The fourth-order valence-corrected chi connectivity index (χ4v) is 4.13. The predicted molar refractivity (Wildman–Crippen MR) is 73.3 cm³/mol. The minimum atomic E-state index is -3.77. The van der Waals surface area contributed by atoms with Gasteiger partial charge in [0.1, 0.15) is 4.21 Å². The fourth-order valence-electron chi connectivity index (χ4n) is 2.19. The lowest BCUT2D eigenvalue weighted by Gasteiger charge is -2.19. The van der Waals surface area contributed by atoms with E-state index in [1.165, 1.54) is 11.4 Å². The number of rotatable bonds is 4. The topological polar surface area (TPSA) is 72.5 Å². The molecule has 0 aliphatic heterocycles. The average Bonchev–Trinajstić information content (AvgIpc) is 2.95. The molecule has 1 fully saturated rings. The van der Waals surface area contributed by atoms with Gasteiger partial charge < -0.3 is 10.1 Å². The van der Waals surface area contributed by atoms with Gasteiger partial charge in [-0.2, -0.15) is 0 Å². The molecular formula is C11H14ClNO4S2. The molecule has 1 N–H and O–H groups in total. The third kappa shape index (κ3) is 3.47. The molecular weight excluding hydrogens is 310 g/mol. The van der Waals surface area contributed by atoms with Gasteiger partial charge in [-0.25, -0.2) is 8.42 Å². The Labute approximate surface area is 120 Å². The first-order chi connectivity index (χ1) is 8.91. The van der Waals surface area contributed by atoms with E-state index in [-0.39, 0.29) is 22.3 Å². The molecule has 1 amide bonds. The minimum Gasteiger partial charge on any atom is -0.379 e. The van der Waals surface area contributed by atoms with Gasteiger partial charge in [0.05, 0.1) is 17.7 Å². The number of halogens is 1. The van der Waals surface area contributed by atoms with Crippen molar-refractivity contribution in [1.29, 1.82) is 0 Å². The maximum atomic E-state index is 12.0. The van der Waals surface area contributed by atoms with E-state index in [0.29, 0.717) is 5.56 Å². The molecule has 2 unspecified atom stereocenters. The summed E-state index contributed by atoms with van der Waals surface area (Å²) in [7, 11) is 3.07. The highest BCUT2D eigenvalue weighted by atomic mass is 35.7. The van der Waals surface area contributed by atoms with Crippen LogP contribution in [0, 0.1) is 0 Å². The number of methoxy groups -OCH3 is 1. The SMILES string of the molecule is COC1CCCC1NC(=O)c1csc(S(=O)(=O)Cl)c1. The lowest BCUT2D eigenvalue weighted by atomic mass is 10.2. The van der Waals surface area contributed by atoms with Crippen LogP contribution in [0.15, 0.2) is 15.7 Å². The number of carbonyl (C=O) groups excluding carboxylic acids is 1. The van der Waals surface area contributed by atoms with Crippen molar-refractivity contribution >= 4 is 37.0 Å². The van der Waals surface area contributed by atoms with E-state index in [1.54, 1.807) is 7.11 Å². The molecule has 8 heteroatoms. The van der Waals surface area contributed by atoms with Gasteiger partial charge in [0.2, 0.25) is 0 Å². The van der Waals surface area contributed by atoms with Crippen LogP contribution in [0.3, 0.4) is 0 Å². The Morgan fingerprint density at radius 1 is 1.53 bits per heavy atom. The monoisotopic (exact) mass is 323 g/mol. The van der Waals surface area contributed by atoms with E-state index in [9.17, 15) is 13.2 Å². The lowest BCUT2D eigenvalue weighted by Crippen LogP contribution is -2.40. The van der Waals surface area contributed by atoms with Crippen molar-refractivity contribution in [3.05, 3.63) is 17.0 Å². The van der Waals surface area contributed by atoms with E-state index in [2.05, 4.69) is 5.32 Å². The first-order valence-corrected chi connectivity index (χ1v) is 8.97. The Morgan fingerprint density at radius 2 is 2.26 bits per heavy atom. The summed E-state index contributed by atoms with van der Waals surface area (Å²) in [6.07, 6.45) is 2.83. The van der Waals surface area contributed by atoms with Crippen LogP contribution < -0.4 is 5.32 Å². The molecule has 1 aromatic rings. The van der Waals surface area contributed by atoms with Gasteiger partial charge in [0.25, 0.3) is 15.0 Å². The average molecular weight is 324 g/mol. The van der Waals surface area contributed by atoms with E-state index in [1.807, 2.05) is 0 Å². The Morgan fingerprint density at radius 3 is 2.84 bits per heavy atom. The van der Waals surface area contributed by atoms with Crippen molar-refractivity contribution in [3.8, 4) is 0 Å². The van der Waals surface area contributed by atoms with Crippen LogP contribution >= 0.6 is 22.0 Å². The number of ether oxygens (including phenoxy) is 1. The summed E-state index contributed by atoms with van der Waals surface area (Å²) >= 11 is 0.937. The van der Waals surface area contributed by atoms with E-state index >= 15 is 0 Å². The summed E-state index contributed by atoms with van der Waals surface area (Å²) in [5.41, 5.74) is 0.311. The van der Waals surface area contributed by atoms with Gasteiger partial charge in [0.15, 0.2) is 0 Å². The number of carbonyl (C=O) groups is 1. The molecule has 106 valence electrons. The normalized spacial score (nSPS) is 23.5. The molecule has 1 aliphatic rings. The highest BCUT2D eigenvalue weighted by Gasteiger charge is 2.29. The zero-order valence-electron chi connectivity index (χ0n) is 10.3. The van der Waals surface area contributed by atoms with Gasteiger partial charge in [-0.3, -0.25) is 4.79 Å². The molecule has 1 heterocycles. The van der Waals surface area contributed by atoms with E-state index < -0.39 is 9.05 Å². The van der Waals surface area contributed by atoms with Crippen molar-refractivity contribution < 1.29 is 17.9 Å². The van der Waals surface area contributed by atoms with Gasteiger partial charge in [-0.05, 0) is 25.3 Å². The summed E-state index contributed by atoms with van der Waals surface area (Å²) in [6, 6.07) is 1.27. The summed E-state index contributed by atoms with van der Waals surface area (Å²) in [5.74, 6) is -0.295. The zero-order chi connectivity index (χ0) is 14.0. The second kappa shape index (κ2) is 5.78. The molecule has 0 spiro atoms. The van der Waals surface area contributed by atoms with Gasteiger partial charge >= 0.3 is 0 Å². The molecule has 19 heavy (non-hydrogen) atoms. The maximum absolute atomic E-state index is 12.0. The Bertz CT molecular complexity index is 569. The molecule has 5 nitrogen and oxygen atoms in total. The molecule has 0 bridgehead atoms. The Kier molecular flexibility index (Phi) is 4.50. The van der Waals surface area contributed by atoms with Crippen molar-refractivity contribution in [3.63, 3.8) is 0 Å². The van der Waals surface area contributed by atoms with E-state index in [4.69, 9.17) is 15.4 Å². The fraction of sp³-hybridized carbons (Fsp3) is 0.545. The smallest absolute Gasteiger partial charge is 0.270 e. The largest absolute Gasteiger partial charge is 0.379 e. The van der Waals surface area contributed by atoms with Crippen LogP contribution in [0.2, 0.25) is 0 Å². The van der Waals surface area contributed by atoms with E-state index in [0.717, 1.165) is 30.6 Å². The standard InChI is InChI=1S/C11H14ClNO4S2/c1-17-9-4-2-3-8(9)13-11(14)7-5-10(18-6-7)19(12,15)16/h5-6,8-9H,2-4H2,1H3,(H,13,14). The molecule has 0 radical (unpaired) electrons. The predicted octanol–water partition coefficient (Wildman–Crippen LogP) is 1.97. The van der Waals surface area contributed by atoms with Crippen LogP contribution in [0.4, 0.5) is 0 Å². The Balaban J connectivity index is 2.06. The second-order valence-electron chi connectivity index (χ2n) is 4.38. The van der Waals surface area contributed by atoms with Crippen molar-refractivity contribution in [2.45, 2.75) is 35.6 Å². The van der Waals surface area contributed by atoms with Gasteiger partial charge in [0, 0.05) is 23.2 Å².